The summed E-state index contributed by atoms with van der Waals surface area (Å²) in [4.78, 5) is 6.54. The third-order valence-electron chi connectivity index (χ3n) is 6.89. The van der Waals surface area contributed by atoms with Crippen molar-refractivity contribution in [3.8, 4) is 5.75 Å². The largest absolute Gasteiger partial charge is 0.493 e. The van der Waals surface area contributed by atoms with Crippen LogP contribution in [0.15, 0.2) is 54.7 Å². The van der Waals surface area contributed by atoms with E-state index in [1.807, 2.05) is 41.3 Å². The van der Waals surface area contributed by atoms with Crippen LogP contribution in [0.5, 0.6) is 5.75 Å². The minimum absolute atomic E-state index is 0.481. The van der Waals surface area contributed by atoms with Crippen molar-refractivity contribution in [2.24, 2.45) is 0 Å². The number of aryl methyl sites for hydroxylation is 2. The van der Waals surface area contributed by atoms with Crippen LogP contribution in [0.25, 0.3) is 10.9 Å². The van der Waals surface area contributed by atoms with Gasteiger partial charge in [0, 0.05) is 36.7 Å². The molecule has 5 rings (SSSR count). The van der Waals surface area contributed by atoms with Crippen molar-refractivity contribution >= 4 is 10.9 Å². The average Bonchev–Trinajstić information content (AvgIpc) is 3.27. The quantitative estimate of drug-likeness (QED) is 0.638. The number of ether oxygens (including phenoxy) is 1. The molecule has 2 aliphatic rings. The lowest BCUT2D eigenvalue weighted by atomic mass is 9.84. The number of likely N-dealkylation sites (tertiary alicyclic amines) is 1. The minimum atomic E-state index is -0.895. The summed E-state index contributed by atoms with van der Waals surface area (Å²) in [6.45, 7) is 1.77. The Kier molecular flexibility index (Phi) is 5.65. The fourth-order valence-corrected chi connectivity index (χ4v) is 4.91. The Hall–Kier alpha value is -2.47. The van der Waals surface area contributed by atoms with Crippen LogP contribution in [-0.4, -0.2) is 46.0 Å². The number of aliphatic hydroxyl groups is 2. The van der Waals surface area contributed by atoms with E-state index in [4.69, 9.17) is 4.74 Å². The second kappa shape index (κ2) is 8.58. The zero-order valence-electron chi connectivity index (χ0n) is 17.8. The van der Waals surface area contributed by atoms with Crippen molar-refractivity contribution in [3.63, 3.8) is 0 Å². The van der Waals surface area contributed by atoms with Crippen LogP contribution in [0.4, 0.5) is 0 Å². The number of aliphatic hydroxyl groups excluding tert-OH is 1. The predicted octanol–water partition coefficient (Wildman–Crippen LogP) is 3.79. The van der Waals surface area contributed by atoms with Crippen molar-refractivity contribution in [3.05, 3.63) is 71.4 Å². The molecule has 0 spiro atoms. The van der Waals surface area contributed by atoms with Crippen LogP contribution in [0.2, 0.25) is 0 Å². The summed E-state index contributed by atoms with van der Waals surface area (Å²) in [6.07, 6.45) is 6.48. The lowest BCUT2D eigenvalue weighted by Gasteiger charge is -2.40. The van der Waals surface area contributed by atoms with E-state index in [9.17, 15) is 10.2 Å². The summed E-state index contributed by atoms with van der Waals surface area (Å²) in [6, 6.07) is 16.4. The molecule has 31 heavy (non-hydrogen) atoms. The normalized spacial score (nSPS) is 19.3. The van der Waals surface area contributed by atoms with Crippen LogP contribution in [0.1, 0.15) is 42.4 Å². The van der Waals surface area contributed by atoms with E-state index in [-0.39, 0.29) is 0 Å². The lowest BCUT2D eigenvalue weighted by Crippen LogP contribution is -2.47. The van der Waals surface area contributed by atoms with E-state index < -0.39 is 11.8 Å². The minimum Gasteiger partial charge on any atom is -0.493 e. The highest BCUT2D eigenvalue weighted by atomic mass is 16.5. The van der Waals surface area contributed by atoms with E-state index in [0.717, 1.165) is 28.6 Å². The van der Waals surface area contributed by atoms with Crippen LogP contribution in [-0.2, 0) is 18.4 Å². The van der Waals surface area contributed by atoms with Crippen molar-refractivity contribution in [1.82, 2.24) is 9.88 Å². The Labute approximate surface area is 183 Å². The van der Waals surface area contributed by atoms with E-state index in [2.05, 4.69) is 17.1 Å². The van der Waals surface area contributed by atoms with Gasteiger partial charge in [-0.2, -0.15) is 0 Å². The molecule has 5 heteroatoms. The standard InChI is InChI=1S/C26H30N2O3/c29-25(10-15-31-23-9-8-19-5-3-6-20(19)17-23)28-13-11-26(30,12-14-28)22-16-21-4-1-2-7-24(21)27-18-22/h1-2,4,7-9,16-18,25,29-30H,3,5-6,10-15H2/t25-/m0/s1. The second-order valence-corrected chi connectivity index (χ2v) is 8.89. The van der Waals surface area contributed by atoms with Crippen molar-refractivity contribution < 1.29 is 14.9 Å². The zero-order valence-corrected chi connectivity index (χ0v) is 17.8. The molecule has 0 saturated carbocycles. The number of para-hydroxylation sites is 1. The number of pyridine rings is 1. The zero-order chi connectivity index (χ0) is 21.3. The number of benzene rings is 2. The lowest BCUT2D eigenvalue weighted by molar-refractivity contribution is -0.0819. The van der Waals surface area contributed by atoms with Gasteiger partial charge in [0.25, 0.3) is 0 Å². The molecule has 1 atom stereocenters. The summed E-state index contributed by atoms with van der Waals surface area (Å²) in [5.41, 5.74) is 3.74. The monoisotopic (exact) mass is 418 g/mol. The first-order valence-electron chi connectivity index (χ1n) is 11.4. The molecule has 1 saturated heterocycles. The summed E-state index contributed by atoms with van der Waals surface area (Å²) < 4.78 is 5.90. The molecule has 5 nitrogen and oxygen atoms in total. The van der Waals surface area contributed by atoms with Gasteiger partial charge in [0.1, 0.15) is 12.0 Å². The molecule has 2 heterocycles. The molecule has 2 N–H and O–H groups in total. The van der Waals surface area contributed by atoms with Crippen LogP contribution < -0.4 is 4.74 Å². The number of hydrogen-bond donors (Lipinski definition) is 2. The first-order chi connectivity index (χ1) is 15.1. The van der Waals surface area contributed by atoms with E-state index >= 15 is 0 Å². The van der Waals surface area contributed by atoms with Gasteiger partial charge in [-0.15, -0.1) is 0 Å². The molecule has 1 aliphatic heterocycles. The van der Waals surface area contributed by atoms with Crippen molar-refractivity contribution in [2.75, 3.05) is 19.7 Å². The molecule has 3 aromatic rings. The third kappa shape index (κ3) is 4.31. The molecular weight excluding hydrogens is 388 g/mol. The van der Waals surface area contributed by atoms with E-state index in [1.54, 1.807) is 6.20 Å². The van der Waals surface area contributed by atoms with Crippen molar-refractivity contribution in [2.45, 2.75) is 50.4 Å². The van der Waals surface area contributed by atoms with Gasteiger partial charge in [-0.25, -0.2) is 0 Å². The Morgan fingerprint density at radius 1 is 1.03 bits per heavy atom. The number of piperidine rings is 1. The SMILES string of the molecule is O[C@@H](CCOc1ccc2c(c1)CCC2)N1CCC(O)(c2cnc3ccccc3c2)CC1. The average molecular weight is 419 g/mol. The fourth-order valence-electron chi connectivity index (χ4n) is 4.91. The van der Waals surface area contributed by atoms with Gasteiger partial charge < -0.3 is 14.9 Å². The molecule has 0 bridgehead atoms. The maximum Gasteiger partial charge on any atom is 0.119 e. The Balaban J connectivity index is 1.14. The molecule has 1 fully saturated rings. The van der Waals surface area contributed by atoms with Gasteiger partial charge >= 0.3 is 0 Å². The maximum absolute atomic E-state index is 11.2. The van der Waals surface area contributed by atoms with Gasteiger partial charge in [0.2, 0.25) is 0 Å². The number of fused-ring (bicyclic) bond motifs is 2. The van der Waals surface area contributed by atoms with E-state index in [0.29, 0.717) is 39.0 Å². The molecule has 0 amide bonds. The number of aromatic nitrogens is 1. The van der Waals surface area contributed by atoms with Gasteiger partial charge in [-0.1, -0.05) is 24.3 Å². The third-order valence-corrected chi connectivity index (χ3v) is 6.89. The summed E-state index contributed by atoms with van der Waals surface area (Å²) in [5.74, 6) is 0.893. The molecule has 2 aromatic carbocycles. The molecular formula is C26H30N2O3. The predicted molar refractivity (Wildman–Crippen MR) is 121 cm³/mol. The molecule has 0 radical (unpaired) electrons. The highest BCUT2D eigenvalue weighted by Gasteiger charge is 2.36. The fraction of sp³-hybridized carbons (Fsp3) is 0.423. The first kappa shape index (κ1) is 20.4. The maximum atomic E-state index is 11.2. The van der Waals surface area contributed by atoms with Gasteiger partial charge in [0.05, 0.1) is 17.7 Å². The summed E-state index contributed by atoms with van der Waals surface area (Å²) in [7, 11) is 0. The van der Waals surface area contributed by atoms with Gasteiger partial charge in [-0.05, 0) is 67.5 Å². The van der Waals surface area contributed by atoms with Gasteiger partial charge in [0.15, 0.2) is 0 Å². The van der Waals surface area contributed by atoms with Crippen LogP contribution in [0.3, 0.4) is 0 Å². The van der Waals surface area contributed by atoms with Crippen LogP contribution in [0, 0.1) is 0 Å². The highest BCUT2D eigenvalue weighted by Crippen LogP contribution is 2.34. The highest BCUT2D eigenvalue weighted by molar-refractivity contribution is 5.78. The van der Waals surface area contributed by atoms with Crippen molar-refractivity contribution in [1.29, 1.82) is 0 Å². The molecule has 162 valence electrons. The summed E-state index contributed by atoms with van der Waals surface area (Å²) in [5, 5.41) is 22.9. The van der Waals surface area contributed by atoms with E-state index in [1.165, 1.54) is 24.0 Å². The number of hydrogen-bond acceptors (Lipinski definition) is 5. The summed E-state index contributed by atoms with van der Waals surface area (Å²) >= 11 is 0. The number of nitrogens with zero attached hydrogens (tertiary/aromatic N) is 2. The topological polar surface area (TPSA) is 65.8 Å². The Bertz CT molecular complexity index is 1060. The second-order valence-electron chi connectivity index (χ2n) is 8.89. The molecule has 0 unspecified atom stereocenters. The van der Waals surface area contributed by atoms with Crippen LogP contribution >= 0.6 is 0 Å². The molecule has 1 aromatic heterocycles. The number of rotatable bonds is 6. The Morgan fingerprint density at radius 2 is 1.84 bits per heavy atom. The Morgan fingerprint density at radius 3 is 2.71 bits per heavy atom. The van der Waals surface area contributed by atoms with Gasteiger partial charge in [-0.3, -0.25) is 9.88 Å². The molecule has 1 aliphatic carbocycles. The first-order valence-corrected chi connectivity index (χ1v) is 11.4. The smallest absolute Gasteiger partial charge is 0.119 e.